The van der Waals surface area contributed by atoms with Crippen LogP contribution in [-0.2, 0) is 47.5 Å². The minimum Gasteiger partial charge on any atom is -0.477 e. The molecule has 0 saturated carbocycles. The Morgan fingerprint density at radius 2 is 1.28 bits per heavy atom. The second-order valence-corrected chi connectivity index (χ2v) is 14.1. The molecule has 4 aliphatic heterocycles. The van der Waals surface area contributed by atoms with E-state index in [9.17, 15) is 85.9 Å². The number of carboxylic acids is 1. The Kier molecular flexibility index (Phi) is 16.4. The van der Waals surface area contributed by atoms with Gasteiger partial charge in [-0.25, -0.2) is 4.79 Å². The molecule has 0 unspecified atom stereocenters. The van der Waals surface area contributed by atoms with Gasteiger partial charge >= 0.3 is 5.97 Å². The number of carboxylic acid groups (broad SMARTS) is 1. The first-order valence-corrected chi connectivity index (χ1v) is 17.7. The number of hydrogen-bond acceptors (Lipinski definition) is 23. The third-order valence-corrected chi connectivity index (χ3v) is 9.98. The van der Waals surface area contributed by atoms with Crippen molar-refractivity contribution in [3.05, 3.63) is 0 Å². The summed E-state index contributed by atoms with van der Waals surface area (Å²) in [6.45, 7) is -1.87. The number of hydrogen-bond donors (Lipinski definition) is 16. The van der Waals surface area contributed by atoms with Crippen molar-refractivity contribution in [3.8, 4) is 0 Å². The molecule has 0 aliphatic carbocycles. The number of aliphatic hydroxyl groups is 13. The number of aliphatic carboxylic acids is 1. The number of ether oxygens (including phenoxy) is 7. The summed E-state index contributed by atoms with van der Waals surface area (Å²) in [7, 11) is 0. The molecule has 4 heterocycles. The molecule has 0 aromatic rings. The topological polar surface area (TPSA) is 423 Å². The Bertz CT molecular complexity index is 1350. The third kappa shape index (κ3) is 10.3. The normalized spacial score (nSPS) is 45.1. The average molecular weight is 837 g/mol. The van der Waals surface area contributed by atoms with Crippen molar-refractivity contribution in [2.24, 2.45) is 0 Å². The van der Waals surface area contributed by atoms with Crippen LogP contribution in [-0.4, -0.2) is 244 Å². The van der Waals surface area contributed by atoms with Crippen LogP contribution in [0.5, 0.6) is 0 Å². The highest BCUT2D eigenvalue weighted by Gasteiger charge is 2.58. The lowest BCUT2D eigenvalue weighted by atomic mass is 9.88. The zero-order valence-corrected chi connectivity index (χ0v) is 30.4. The SMILES string of the molecule is CC(=O)N[C@H]1[C@H](O[C@@H]2[C@H](O)[C@@H](O)[C@H](O[C@@H]3[C@@H](O)[C@H](O)O[C@H](CO)[C@H]3O)O[C@@H]2CO)O[C@H](CO[C@]2(C(=O)O)C[C@H](O)[C@@H](NC(C)=O)[C@H]([C@H](O)[C@H](O)CO)O2)[C@H](O)[C@@H]1O. The highest BCUT2D eigenvalue weighted by atomic mass is 16.8. The fourth-order valence-corrected chi connectivity index (χ4v) is 6.94. The second kappa shape index (κ2) is 19.8. The molecule has 4 saturated heterocycles. The lowest BCUT2D eigenvalue weighted by molar-refractivity contribution is -0.374. The van der Waals surface area contributed by atoms with E-state index < -0.39 is 179 Å². The Labute approximate surface area is 322 Å². The first-order chi connectivity index (χ1) is 26.7. The lowest BCUT2D eigenvalue weighted by Gasteiger charge is -2.49. The van der Waals surface area contributed by atoms with Gasteiger partial charge in [-0.15, -0.1) is 0 Å². The van der Waals surface area contributed by atoms with Crippen LogP contribution < -0.4 is 10.6 Å². The molecular weight excluding hydrogens is 784 g/mol. The van der Waals surface area contributed by atoms with Gasteiger partial charge in [0.25, 0.3) is 5.79 Å². The fourth-order valence-electron chi connectivity index (χ4n) is 6.94. The van der Waals surface area contributed by atoms with E-state index in [2.05, 4.69) is 10.6 Å². The molecule has 4 aliphatic rings. The maximum atomic E-state index is 12.6. The highest BCUT2D eigenvalue weighted by molar-refractivity contribution is 5.76. The number of rotatable bonds is 15. The zero-order valence-electron chi connectivity index (χ0n) is 30.4. The summed E-state index contributed by atoms with van der Waals surface area (Å²) in [5, 5.41) is 150. The second-order valence-electron chi connectivity index (χ2n) is 14.1. The van der Waals surface area contributed by atoms with Crippen molar-refractivity contribution in [1.29, 1.82) is 0 Å². The van der Waals surface area contributed by atoms with Gasteiger partial charge in [-0.3, -0.25) is 9.59 Å². The van der Waals surface area contributed by atoms with Crippen molar-refractivity contribution >= 4 is 17.8 Å². The molecule has 26 heteroatoms. The van der Waals surface area contributed by atoms with Crippen LogP contribution in [0.15, 0.2) is 0 Å². The van der Waals surface area contributed by atoms with E-state index in [0.717, 1.165) is 13.8 Å². The van der Waals surface area contributed by atoms with Gasteiger partial charge in [-0.1, -0.05) is 0 Å². The van der Waals surface area contributed by atoms with Crippen LogP contribution >= 0.6 is 0 Å². The molecule has 2 amide bonds. The van der Waals surface area contributed by atoms with Gasteiger partial charge in [0.05, 0.1) is 38.6 Å². The van der Waals surface area contributed by atoms with Gasteiger partial charge in [0.2, 0.25) is 11.8 Å². The van der Waals surface area contributed by atoms with Crippen LogP contribution in [0.1, 0.15) is 20.3 Å². The first kappa shape index (κ1) is 47.3. The van der Waals surface area contributed by atoms with E-state index in [4.69, 9.17) is 33.2 Å². The van der Waals surface area contributed by atoms with E-state index in [0.29, 0.717) is 0 Å². The summed E-state index contributed by atoms with van der Waals surface area (Å²) in [6.07, 6.45) is -35.2. The maximum absolute atomic E-state index is 12.6. The maximum Gasteiger partial charge on any atom is 0.364 e. The lowest BCUT2D eigenvalue weighted by Crippen LogP contribution is -2.69. The highest BCUT2D eigenvalue weighted by Crippen LogP contribution is 2.36. The quantitative estimate of drug-likeness (QED) is 0.0728. The summed E-state index contributed by atoms with van der Waals surface area (Å²) >= 11 is 0. The predicted octanol–water partition coefficient (Wildman–Crippen LogP) is -10.3. The molecule has 0 aromatic carbocycles. The van der Waals surface area contributed by atoms with Crippen molar-refractivity contribution in [3.63, 3.8) is 0 Å². The molecule has 0 radical (unpaired) electrons. The van der Waals surface area contributed by atoms with E-state index >= 15 is 0 Å². The predicted molar refractivity (Wildman–Crippen MR) is 174 cm³/mol. The van der Waals surface area contributed by atoms with E-state index in [1.165, 1.54) is 0 Å². The van der Waals surface area contributed by atoms with Crippen molar-refractivity contribution in [1.82, 2.24) is 10.6 Å². The minimum absolute atomic E-state index is 0.755. The Morgan fingerprint density at radius 3 is 1.84 bits per heavy atom. The summed E-state index contributed by atoms with van der Waals surface area (Å²) in [4.78, 5) is 36.6. The Hall–Kier alpha value is -2.39. The first-order valence-electron chi connectivity index (χ1n) is 17.7. The number of carbonyl (C=O) groups is 3. The summed E-state index contributed by atoms with van der Waals surface area (Å²) in [6, 6.07) is -3.22. The van der Waals surface area contributed by atoms with Gasteiger partial charge in [0.1, 0.15) is 91.5 Å². The number of carbonyl (C=O) groups excluding carboxylic acids is 2. The molecule has 0 spiro atoms. The van der Waals surface area contributed by atoms with Crippen LogP contribution in [0, 0.1) is 0 Å². The molecule has 21 atom stereocenters. The molecule has 4 rings (SSSR count). The van der Waals surface area contributed by atoms with Gasteiger partial charge < -0.3 is 115 Å². The Morgan fingerprint density at radius 1 is 0.702 bits per heavy atom. The molecule has 330 valence electrons. The number of aliphatic hydroxyl groups excluding tert-OH is 13. The number of amides is 2. The van der Waals surface area contributed by atoms with Crippen LogP contribution in [0.25, 0.3) is 0 Å². The molecule has 16 N–H and O–H groups in total. The number of nitrogens with one attached hydrogen (secondary N) is 2. The van der Waals surface area contributed by atoms with Crippen molar-refractivity contribution in [2.75, 3.05) is 26.4 Å². The van der Waals surface area contributed by atoms with Gasteiger partial charge in [-0.05, 0) is 0 Å². The smallest absolute Gasteiger partial charge is 0.364 e. The molecule has 4 fully saturated rings. The van der Waals surface area contributed by atoms with Crippen LogP contribution in [0.2, 0.25) is 0 Å². The van der Waals surface area contributed by atoms with Crippen LogP contribution in [0.4, 0.5) is 0 Å². The molecular formula is C31H52N2O24. The largest absolute Gasteiger partial charge is 0.477 e. The van der Waals surface area contributed by atoms with Crippen molar-refractivity contribution in [2.45, 2.75) is 149 Å². The zero-order chi connectivity index (χ0) is 42.7. The Balaban J connectivity index is 1.56. The average Bonchev–Trinajstić information content (AvgIpc) is 3.16. The van der Waals surface area contributed by atoms with Crippen molar-refractivity contribution < 1.29 is 119 Å². The molecule has 57 heavy (non-hydrogen) atoms. The summed E-state index contributed by atoms with van der Waals surface area (Å²) < 4.78 is 38.5. The van der Waals surface area contributed by atoms with E-state index in [1.54, 1.807) is 0 Å². The van der Waals surface area contributed by atoms with Gasteiger partial charge in [0, 0.05) is 20.3 Å². The van der Waals surface area contributed by atoms with Gasteiger partial charge in [-0.2, -0.15) is 0 Å². The van der Waals surface area contributed by atoms with E-state index in [1.807, 2.05) is 0 Å². The summed E-state index contributed by atoms with van der Waals surface area (Å²) in [5.41, 5.74) is 0. The fraction of sp³-hybridized carbons (Fsp3) is 0.903. The molecule has 0 bridgehead atoms. The standard InChI is InChI=1S/C31H52N2O24/c1-8(37)32-15-10(39)3-31(30(49)50,57-25(15)17(41)11(40)4-34)51-7-14-18(42)20(44)16(33-9(2)38)28(54-14)55-24-13(6-36)53-29(22(46)21(24)45)56-26-19(43)12(5-35)52-27(48)23(26)47/h10-29,34-36,39-48H,3-7H2,1-2H3,(H,32,37)(H,33,38)(H,49,50)/t10-,11+,12+,13+,14+,15+,16+,17+,18-,19+,20+,21+,22+,23+,24-,25+,26-,27+,28-,29-,31+/m0/s1. The molecule has 0 aromatic heterocycles. The van der Waals surface area contributed by atoms with E-state index in [-0.39, 0.29) is 0 Å². The summed E-state index contributed by atoms with van der Waals surface area (Å²) in [5.74, 6) is -6.40. The minimum atomic E-state index is -2.92. The van der Waals surface area contributed by atoms with Gasteiger partial charge in [0.15, 0.2) is 18.9 Å². The van der Waals surface area contributed by atoms with Crippen LogP contribution in [0.3, 0.4) is 0 Å². The monoisotopic (exact) mass is 836 g/mol. The molecule has 26 nitrogen and oxygen atoms in total. The third-order valence-electron chi connectivity index (χ3n) is 9.98.